The third kappa shape index (κ3) is 3.10. The van der Waals surface area contributed by atoms with Gasteiger partial charge < -0.3 is 15.2 Å². The summed E-state index contributed by atoms with van der Waals surface area (Å²) in [5.74, 6) is 1.53. The van der Waals surface area contributed by atoms with Crippen molar-refractivity contribution in [2.45, 2.75) is 12.6 Å². The molecule has 7 heteroatoms. The smallest absolute Gasteiger partial charge is 0.242 e. The summed E-state index contributed by atoms with van der Waals surface area (Å²) in [6.45, 7) is 0.262. The van der Waals surface area contributed by atoms with E-state index in [4.69, 9.17) is 0 Å². The highest BCUT2D eigenvalue weighted by molar-refractivity contribution is 7.99. The first-order chi connectivity index (χ1) is 10.7. The van der Waals surface area contributed by atoms with Gasteiger partial charge in [-0.05, 0) is 23.6 Å². The van der Waals surface area contributed by atoms with Crippen molar-refractivity contribution in [3.05, 3.63) is 30.5 Å². The number of benzene rings is 1. The number of aromatic nitrogens is 1. The lowest BCUT2D eigenvalue weighted by Crippen LogP contribution is -2.37. The van der Waals surface area contributed by atoms with Crippen molar-refractivity contribution in [2.24, 2.45) is 0 Å². The molecule has 1 atom stereocenters. The molecular weight excluding hydrogens is 300 g/mol. The number of fused-ring (bicyclic) bond motifs is 1. The number of likely N-dealkylation sites (N-methyl/N-ethyl adjacent to an activating group) is 1. The van der Waals surface area contributed by atoms with Crippen LogP contribution in [0.2, 0.25) is 0 Å². The lowest BCUT2D eigenvalue weighted by molar-refractivity contribution is -0.121. The van der Waals surface area contributed by atoms with Gasteiger partial charge in [-0.25, -0.2) is 0 Å². The second-order valence-corrected chi connectivity index (χ2v) is 6.18. The number of carbonyl (C=O) groups excluding carboxylic acids is 2. The lowest BCUT2D eigenvalue weighted by atomic mass is 10.2. The van der Waals surface area contributed by atoms with Crippen LogP contribution < -0.4 is 16.0 Å². The number of rotatable bonds is 4. The van der Waals surface area contributed by atoms with E-state index in [2.05, 4.69) is 16.0 Å². The quantitative estimate of drug-likeness (QED) is 0.786. The van der Waals surface area contributed by atoms with Gasteiger partial charge in [-0.1, -0.05) is 6.07 Å². The van der Waals surface area contributed by atoms with E-state index >= 15 is 0 Å². The molecule has 22 heavy (non-hydrogen) atoms. The molecule has 0 aliphatic carbocycles. The number of carbonyl (C=O) groups is 2. The first-order valence-electron chi connectivity index (χ1n) is 7.09. The van der Waals surface area contributed by atoms with Crippen LogP contribution in [0.5, 0.6) is 0 Å². The molecule has 2 heterocycles. The Labute approximate surface area is 132 Å². The zero-order chi connectivity index (χ0) is 15.5. The van der Waals surface area contributed by atoms with Crippen LogP contribution in [0.25, 0.3) is 10.9 Å². The van der Waals surface area contributed by atoms with Crippen LogP contribution in [0.4, 0.5) is 5.69 Å². The molecular formula is C15H18N4O2S. The number of nitrogens with zero attached hydrogens (tertiary/aromatic N) is 1. The monoisotopic (exact) mass is 318 g/mol. The third-order valence-corrected chi connectivity index (χ3v) is 4.61. The normalized spacial score (nSPS) is 17.6. The molecule has 1 aliphatic rings. The lowest BCUT2D eigenvalue weighted by Gasteiger charge is -2.11. The Balaban J connectivity index is 1.80. The minimum Gasteiger partial charge on any atom is -0.358 e. The third-order valence-electron chi connectivity index (χ3n) is 3.67. The summed E-state index contributed by atoms with van der Waals surface area (Å²) in [7, 11) is 1.62. The van der Waals surface area contributed by atoms with Crippen LogP contribution in [0.15, 0.2) is 30.5 Å². The molecule has 1 aliphatic heterocycles. The summed E-state index contributed by atoms with van der Waals surface area (Å²) in [5, 5.41) is 9.73. The van der Waals surface area contributed by atoms with Crippen molar-refractivity contribution in [2.75, 3.05) is 24.0 Å². The van der Waals surface area contributed by atoms with Crippen LogP contribution >= 0.6 is 11.8 Å². The summed E-state index contributed by atoms with van der Waals surface area (Å²) in [4.78, 5) is 23.7. The van der Waals surface area contributed by atoms with Crippen molar-refractivity contribution in [1.29, 1.82) is 0 Å². The predicted octanol–water partition coefficient (Wildman–Crippen LogP) is 0.988. The zero-order valence-electron chi connectivity index (χ0n) is 12.3. The number of hydrogen-bond acceptors (Lipinski definition) is 4. The van der Waals surface area contributed by atoms with Crippen LogP contribution in [0.1, 0.15) is 0 Å². The molecule has 1 saturated heterocycles. The Hall–Kier alpha value is -1.99. The number of hydrogen-bond donors (Lipinski definition) is 3. The van der Waals surface area contributed by atoms with E-state index in [1.165, 1.54) is 0 Å². The summed E-state index contributed by atoms with van der Waals surface area (Å²) in [6, 6.07) is 7.55. The Morgan fingerprint density at radius 2 is 2.27 bits per heavy atom. The van der Waals surface area contributed by atoms with E-state index in [0.29, 0.717) is 0 Å². The summed E-state index contributed by atoms with van der Waals surface area (Å²) in [6.07, 6.45) is 1.88. The van der Waals surface area contributed by atoms with Gasteiger partial charge in [-0.3, -0.25) is 14.9 Å². The minimum absolute atomic E-state index is 0.0197. The van der Waals surface area contributed by atoms with E-state index in [1.54, 1.807) is 18.8 Å². The number of anilines is 1. The van der Waals surface area contributed by atoms with Gasteiger partial charge >= 0.3 is 0 Å². The van der Waals surface area contributed by atoms with Crippen molar-refractivity contribution in [3.8, 4) is 0 Å². The topological polar surface area (TPSA) is 75.2 Å². The van der Waals surface area contributed by atoms with Crippen molar-refractivity contribution < 1.29 is 9.59 Å². The highest BCUT2D eigenvalue weighted by Gasteiger charge is 2.22. The van der Waals surface area contributed by atoms with Gasteiger partial charge in [-0.15, -0.1) is 11.8 Å². The van der Waals surface area contributed by atoms with Crippen molar-refractivity contribution in [3.63, 3.8) is 0 Å². The molecule has 2 aromatic rings. The largest absolute Gasteiger partial charge is 0.358 e. The molecule has 1 fully saturated rings. The Morgan fingerprint density at radius 3 is 3.00 bits per heavy atom. The van der Waals surface area contributed by atoms with E-state index in [1.807, 2.05) is 35.0 Å². The van der Waals surface area contributed by atoms with Gasteiger partial charge in [0.25, 0.3) is 0 Å². The predicted molar refractivity (Wildman–Crippen MR) is 88.9 cm³/mol. The first-order valence-corrected chi connectivity index (χ1v) is 8.24. The second kappa shape index (κ2) is 6.41. The van der Waals surface area contributed by atoms with E-state index in [9.17, 15) is 9.59 Å². The van der Waals surface area contributed by atoms with Crippen LogP contribution in [0, 0.1) is 0 Å². The maximum Gasteiger partial charge on any atom is 0.242 e. The Bertz CT molecular complexity index is 707. The fourth-order valence-electron chi connectivity index (χ4n) is 2.43. The Kier molecular flexibility index (Phi) is 4.35. The van der Waals surface area contributed by atoms with Gasteiger partial charge in [0, 0.05) is 30.6 Å². The van der Waals surface area contributed by atoms with Gasteiger partial charge in [0.2, 0.25) is 11.8 Å². The maximum absolute atomic E-state index is 12.1. The van der Waals surface area contributed by atoms with Gasteiger partial charge in [-0.2, -0.15) is 0 Å². The minimum atomic E-state index is -0.140. The van der Waals surface area contributed by atoms with Gasteiger partial charge in [0.1, 0.15) is 6.54 Å². The zero-order valence-corrected chi connectivity index (χ0v) is 13.1. The molecule has 6 nitrogen and oxygen atoms in total. The van der Waals surface area contributed by atoms with E-state index in [0.717, 1.165) is 28.2 Å². The maximum atomic E-state index is 12.1. The van der Waals surface area contributed by atoms with Crippen molar-refractivity contribution in [1.82, 2.24) is 15.2 Å². The molecule has 0 radical (unpaired) electrons. The SMILES string of the molecule is CNC(=O)Cn1ccc2ccc(NC(=O)C3CSCN3)cc21. The van der Waals surface area contributed by atoms with Gasteiger partial charge in [0.05, 0.1) is 11.6 Å². The van der Waals surface area contributed by atoms with E-state index in [-0.39, 0.29) is 24.4 Å². The first kappa shape index (κ1) is 14.9. The fourth-order valence-corrected chi connectivity index (χ4v) is 3.37. The molecule has 3 N–H and O–H groups in total. The number of nitrogens with one attached hydrogen (secondary N) is 3. The molecule has 0 saturated carbocycles. The molecule has 0 bridgehead atoms. The molecule has 1 aromatic carbocycles. The average Bonchev–Trinajstić information content (AvgIpc) is 3.17. The molecule has 0 spiro atoms. The van der Waals surface area contributed by atoms with Gasteiger partial charge in [0.15, 0.2) is 0 Å². The number of amides is 2. The molecule has 2 amide bonds. The standard InChI is InChI=1S/C15H18N4O2S/c1-16-14(20)7-19-5-4-10-2-3-11(6-13(10)19)18-15(21)12-8-22-9-17-12/h2-6,12,17H,7-9H2,1H3,(H,16,20)(H,18,21). The molecule has 1 aromatic heterocycles. The summed E-state index contributed by atoms with van der Waals surface area (Å²) >= 11 is 1.72. The Morgan fingerprint density at radius 1 is 1.41 bits per heavy atom. The molecule has 1 unspecified atom stereocenters. The van der Waals surface area contributed by atoms with Crippen molar-refractivity contribution >= 4 is 40.2 Å². The van der Waals surface area contributed by atoms with Crippen LogP contribution in [0.3, 0.4) is 0 Å². The molecule has 3 rings (SSSR count). The van der Waals surface area contributed by atoms with E-state index < -0.39 is 0 Å². The summed E-state index contributed by atoms with van der Waals surface area (Å²) < 4.78 is 1.87. The van der Waals surface area contributed by atoms with Crippen LogP contribution in [-0.2, 0) is 16.1 Å². The summed E-state index contributed by atoms with van der Waals surface area (Å²) in [5.41, 5.74) is 1.67. The van der Waals surface area contributed by atoms with Crippen LogP contribution in [-0.4, -0.2) is 41.1 Å². The highest BCUT2D eigenvalue weighted by atomic mass is 32.2. The fraction of sp³-hybridized carbons (Fsp3) is 0.333. The highest BCUT2D eigenvalue weighted by Crippen LogP contribution is 2.21. The number of thioether (sulfide) groups is 1. The average molecular weight is 318 g/mol. The molecule has 116 valence electrons. The second-order valence-electron chi connectivity index (χ2n) is 5.15.